The molecule has 192 valence electrons. The number of sulfone groups is 1. The molecule has 1 unspecified atom stereocenters. The maximum absolute atomic E-state index is 13.4. The largest absolute Gasteiger partial charge is 0.497 e. The van der Waals surface area contributed by atoms with E-state index in [0.717, 1.165) is 38.0 Å². The van der Waals surface area contributed by atoms with E-state index in [1.165, 1.54) is 0 Å². The molecule has 0 spiro atoms. The summed E-state index contributed by atoms with van der Waals surface area (Å²) in [6.07, 6.45) is 6.01. The number of hydrogen-bond acceptors (Lipinski definition) is 7. The summed E-state index contributed by atoms with van der Waals surface area (Å²) in [7, 11) is -0.562. The minimum atomic E-state index is -3.72. The Balaban J connectivity index is 1.58. The van der Waals surface area contributed by atoms with Crippen LogP contribution in [0.1, 0.15) is 36.9 Å². The van der Waals surface area contributed by atoms with Gasteiger partial charge >= 0.3 is 0 Å². The lowest BCUT2D eigenvalue weighted by Crippen LogP contribution is -2.44. The van der Waals surface area contributed by atoms with Crippen molar-refractivity contribution in [3.05, 3.63) is 41.7 Å². The molecular weight excluding hydrogens is 488 g/mol. The molecule has 1 atom stereocenters. The molecule has 0 amide bonds. The van der Waals surface area contributed by atoms with Crippen molar-refractivity contribution in [3.63, 3.8) is 0 Å². The molecule has 1 aromatic heterocycles. The van der Waals surface area contributed by atoms with E-state index in [2.05, 4.69) is 15.2 Å². The van der Waals surface area contributed by atoms with E-state index in [0.29, 0.717) is 48.7 Å². The fraction of sp³-hybridized carbons (Fsp3) is 0.583. The summed E-state index contributed by atoms with van der Waals surface area (Å²) in [5, 5.41) is 4.11. The second-order valence-electron chi connectivity index (χ2n) is 9.03. The van der Waals surface area contributed by atoms with Crippen LogP contribution in [0, 0.1) is 0 Å². The lowest BCUT2D eigenvalue weighted by atomic mass is 10.2. The Labute approximate surface area is 212 Å². The van der Waals surface area contributed by atoms with E-state index in [1.54, 1.807) is 49.2 Å². The molecule has 9 nitrogen and oxygen atoms in total. The molecule has 1 saturated carbocycles. The Kier molecular flexibility index (Phi) is 8.64. The quantitative estimate of drug-likeness (QED) is 0.422. The van der Waals surface area contributed by atoms with Crippen LogP contribution < -0.4 is 10.1 Å². The van der Waals surface area contributed by atoms with E-state index in [4.69, 9.17) is 26.4 Å². The first-order valence-corrected chi connectivity index (χ1v) is 14.0. The zero-order valence-electron chi connectivity index (χ0n) is 20.3. The van der Waals surface area contributed by atoms with Crippen molar-refractivity contribution >= 4 is 27.2 Å². The average Bonchev–Trinajstić information content (AvgIpc) is 3.32. The molecule has 2 heterocycles. The van der Waals surface area contributed by atoms with E-state index in [9.17, 15) is 8.42 Å². The number of methoxy groups -OCH3 is 2. The van der Waals surface area contributed by atoms with E-state index in [1.807, 2.05) is 0 Å². The Bertz CT molecular complexity index is 1110. The van der Waals surface area contributed by atoms with Crippen molar-refractivity contribution in [1.82, 2.24) is 19.8 Å². The van der Waals surface area contributed by atoms with Crippen molar-refractivity contribution in [3.8, 4) is 5.75 Å². The fourth-order valence-corrected chi connectivity index (χ4v) is 5.99. The second kappa shape index (κ2) is 11.7. The number of nitrogens with zero attached hydrogens (tertiary/aromatic N) is 3. The Hall–Kier alpha value is -2.21. The summed E-state index contributed by atoms with van der Waals surface area (Å²) in [6.45, 7) is 2.58. The third kappa shape index (κ3) is 6.93. The van der Waals surface area contributed by atoms with Gasteiger partial charge in [-0.3, -0.25) is 0 Å². The molecule has 0 radical (unpaired) electrons. The van der Waals surface area contributed by atoms with Gasteiger partial charge in [-0.05, 0) is 55.6 Å². The topological polar surface area (TPSA) is 94.9 Å². The van der Waals surface area contributed by atoms with Crippen molar-refractivity contribution in [2.75, 3.05) is 34.0 Å². The highest BCUT2D eigenvalue weighted by atomic mass is 32.2. The van der Waals surface area contributed by atoms with Gasteiger partial charge < -0.3 is 29.0 Å². The predicted octanol–water partition coefficient (Wildman–Crippen LogP) is 2.53. The first kappa shape index (κ1) is 25.9. The summed E-state index contributed by atoms with van der Waals surface area (Å²) < 4.78 is 44.9. The number of nitrogens with one attached hydrogen (secondary N) is 1. The van der Waals surface area contributed by atoms with Crippen LogP contribution in [0.15, 0.2) is 35.6 Å². The number of rotatable bonds is 12. The number of hydrogen-bond donors (Lipinski definition) is 1. The van der Waals surface area contributed by atoms with E-state index >= 15 is 0 Å². The summed E-state index contributed by atoms with van der Waals surface area (Å²) in [5.41, 5.74) is 1.41. The molecule has 2 fully saturated rings. The standard InChI is InChI=1S/C24H34N4O5S2/c1-31-12-10-28-20(15-27(16-22-7-4-11-33-22)23(34)26-19-8-9-19)14-25-24(28)35(29,30)17-18-5-3-6-21(13-18)32-2/h3,5-6,13-14,19,22H,4,7-12,15-17H2,1-2H3,(H,26,34). The molecule has 4 rings (SSSR count). The summed E-state index contributed by atoms with van der Waals surface area (Å²) in [4.78, 5) is 6.44. The summed E-state index contributed by atoms with van der Waals surface area (Å²) in [6, 6.07) is 7.49. The minimum absolute atomic E-state index is 0.0329. The molecule has 0 bridgehead atoms. The van der Waals surface area contributed by atoms with Gasteiger partial charge in [0.05, 0.1) is 44.0 Å². The Morgan fingerprint density at radius 3 is 2.83 bits per heavy atom. The Morgan fingerprint density at radius 2 is 2.14 bits per heavy atom. The average molecular weight is 523 g/mol. The normalized spacial score (nSPS) is 17.9. The number of thiocarbonyl (C=S) groups is 1. The van der Waals surface area contributed by atoms with Gasteiger partial charge in [0.15, 0.2) is 5.11 Å². The monoisotopic (exact) mass is 522 g/mol. The molecule has 1 N–H and O–H groups in total. The molecule has 2 aromatic rings. The van der Waals surface area contributed by atoms with Gasteiger partial charge in [-0.1, -0.05) is 12.1 Å². The van der Waals surface area contributed by atoms with Crippen molar-refractivity contribution in [2.24, 2.45) is 0 Å². The molecule has 2 aliphatic rings. The van der Waals surface area contributed by atoms with Gasteiger partial charge in [-0.15, -0.1) is 0 Å². The Morgan fingerprint density at radius 1 is 1.31 bits per heavy atom. The van der Waals surface area contributed by atoms with Gasteiger partial charge in [0, 0.05) is 32.8 Å². The van der Waals surface area contributed by atoms with Gasteiger partial charge in [-0.25, -0.2) is 13.4 Å². The van der Waals surface area contributed by atoms with Crippen molar-refractivity contribution in [2.45, 2.75) is 61.8 Å². The van der Waals surface area contributed by atoms with Crippen LogP contribution in [0.3, 0.4) is 0 Å². The third-order valence-corrected chi connectivity index (χ3v) is 8.15. The second-order valence-corrected chi connectivity index (χ2v) is 11.3. The van der Waals surface area contributed by atoms with Crippen LogP contribution in [-0.4, -0.2) is 74.1 Å². The highest BCUT2D eigenvalue weighted by Crippen LogP contribution is 2.23. The van der Waals surface area contributed by atoms with Gasteiger partial charge in [0.1, 0.15) is 5.75 Å². The molecule has 35 heavy (non-hydrogen) atoms. The van der Waals surface area contributed by atoms with Crippen LogP contribution in [0.25, 0.3) is 0 Å². The van der Waals surface area contributed by atoms with Crippen LogP contribution in [-0.2, 0) is 38.2 Å². The highest BCUT2D eigenvalue weighted by molar-refractivity contribution is 7.90. The lowest BCUT2D eigenvalue weighted by molar-refractivity contribution is 0.0890. The van der Waals surface area contributed by atoms with Crippen molar-refractivity contribution in [1.29, 1.82) is 0 Å². The van der Waals surface area contributed by atoms with Crippen LogP contribution in [0.4, 0.5) is 0 Å². The fourth-order valence-electron chi connectivity index (χ4n) is 4.18. The molecule has 1 aliphatic heterocycles. The van der Waals surface area contributed by atoms with E-state index < -0.39 is 9.84 Å². The van der Waals surface area contributed by atoms with Gasteiger partial charge in [-0.2, -0.15) is 0 Å². The summed E-state index contributed by atoms with van der Waals surface area (Å²) >= 11 is 5.72. The van der Waals surface area contributed by atoms with Crippen molar-refractivity contribution < 1.29 is 22.6 Å². The smallest absolute Gasteiger partial charge is 0.228 e. The highest BCUT2D eigenvalue weighted by Gasteiger charge is 2.29. The first-order valence-electron chi connectivity index (χ1n) is 12.0. The van der Waals surface area contributed by atoms with Gasteiger partial charge in [0.2, 0.25) is 15.0 Å². The maximum Gasteiger partial charge on any atom is 0.228 e. The zero-order valence-corrected chi connectivity index (χ0v) is 21.9. The maximum atomic E-state index is 13.4. The minimum Gasteiger partial charge on any atom is -0.497 e. The lowest BCUT2D eigenvalue weighted by Gasteiger charge is -2.28. The molecular formula is C24H34N4O5S2. The number of aromatic nitrogens is 2. The molecule has 1 saturated heterocycles. The van der Waals surface area contributed by atoms with E-state index in [-0.39, 0.29) is 17.0 Å². The molecule has 1 aromatic carbocycles. The number of ether oxygens (including phenoxy) is 3. The first-order chi connectivity index (χ1) is 16.9. The number of imidazole rings is 1. The number of benzene rings is 1. The zero-order chi connectivity index (χ0) is 24.8. The van der Waals surface area contributed by atoms with Gasteiger partial charge in [0.25, 0.3) is 0 Å². The van der Waals surface area contributed by atoms with Crippen LogP contribution >= 0.6 is 12.2 Å². The summed E-state index contributed by atoms with van der Waals surface area (Å²) in [5.74, 6) is 0.442. The molecule has 11 heteroatoms. The predicted molar refractivity (Wildman–Crippen MR) is 136 cm³/mol. The third-order valence-electron chi connectivity index (χ3n) is 6.18. The SMILES string of the molecule is COCCn1c(CN(CC2CCCO2)C(=S)NC2CC2)cnc1S(=O)(=O)Cc1cccc(OC)c1. The van der Waals surface area contributed by atoms with Crippen LogP contribution in [0.5, 0.6) is 5.75 Å². The van der Waals surface area contributed by atoms with Crippen LogP contribution in [0.2, 0.25) is 0 Å². The molecule has 1 aliphatic carbocycles.